The van der Waals surface area contributed by atoms with Crippen LogP contribution in [0.3, 0.4) is 0 Å². The summed E-state index contributed by atoms with van der Waals surface area (Å²) in [6, 6.07) is 27.1. The minimum atomic E-state index is -0.614. The molecular formula is C24H23NO3. The van der Waals surface area contributed by atoms with Crippen LogP contribution < -0.4 is 14.8 Å². The van der Waals surface area contributed by atoms with E-state index in [-0.39, 0.29) is 18.1 Å². The Morgan fingerprint density at radius 2 is 1.61 bits per heavy atom. The molecule has 1 aliphatic rings. The number of ether oxygens (including phenoxy) is 2. The van der Waals surface area contributed by atoms with Crippen molar-refractivity contribution in [3.63, 3.8) is 0 Å². The SMILES string of the molecule is CC(Oc1ccccc1)C(=O)NC(c1ccccc1)C1Cc2ccccc2O1. The fraction of sp³-hybridized carbons (Fsp3) is 0.208. The van der Waals surface area contributed by atoms with Crippen molar-refractivity contribution in [2.75, 3.05) is 0 Å². The summed E-state index contributed by atoms with van der Waals surface area (Å²) in [6.07, 6.45) is -0.0192. The number of amides is 1. The number of nitrogens with one attached hydrogen (secondary N) is 1. The minimum absolute atomic E-state index is 0.160. The maximum atomic E-state index is 12.9. The van der Waals surface area contributed by atoms with Crippen molar-refractivity contribution < 1.29 is 14.3 Å². The number of carbonyl (C=O) groups is 1. The third-order valence-corrected chi connectivity index (χ3v) is 4.93. The molecule has 28 heavy (non-hydrogen) atoms. The average Bonchev–Trinajstić information content (AvgIpc) is 3.17. The highest BCUT2D eigenvalue weighted by Gasteiger charge is 2.33. The highest BCUT2D eigenvalue weighted by molar-refractivity contribution is 5.81. The van der Waals surface area contributed by atoms with Gasteiger partial charge >= 0.3 is 0 Å². The van der Waals surface area contributed by atoms with Crippen LogP contribution in [0.5, 0.6) is 11.5 Å². The molecule has 1 N–H and O–H groups in total. The van der Waals surface area contributed by atoms with Crippen molar-refractivity contribution >= 4 is 5.91 Å². The maximum absolute atomic E-state index is 12.9. The minimum Gasteiger partial charge on any atom is -0.487 e. The molecule has 1 amide bonds. The Morgan fingerprint density at radius 1 is 0.964 bits per heavy atom. The molecule has 0 saturated heterocycles. The van der Waals surface area contributed by atoms with Crippen molar-refractivity contribution in [1.82, 2.24) is 5.32 Å². The van der Waals surface area contributed by atoms with E-state index in [1.165, 1.54) is 0 Å². The van der Waals surface area contributed by atoms with Crippen LogP contribution in [0.15, 0.2) is 84.9 Å². The van der Waals surface area contributed by atoms with Crippen LogP contribution in [-0.2, 0) is 11.2 Å². The van der Waals surface area contributed by atoms with Crippen molar-refractivity contribution in [3.8, 4) is 11.5 Å². The number of carbonyl (C=O) groups excluding carboxylic acids is 1. The van der Waals surface area contributed by atoms with Gasteiger partial charge in [0.2, 0.25) is 0 Å². The van der Waals surface area contributed by atoms with Gasteiger partial charge in [0.05, 0.1) is 6.04 Å². The highest BCUT2D eigenvalue weighted by atomic mass is 16.5. The second-order valence-electron chi connectivity index (χ2n) is 6.94. The van der Waals surface area contributed by atoms with E-state index in [0.29, 0.717) is 5.75 Å². The Kier molecular flexibility index (Phi) is 5.29. The van der Waals surface area contributed by atoms with Crippen LogP contribution in [0, 0.1) is 0 Å². The highest BCUT2D eigenvalue weighted by Crippen LogP contribution is 2.34. The fourth-order valence-electron chi connectivity index (χ4n) is 3.47. The van der Waals surface area contributed by atoms with E-state index in [1.54, 1.807) is 6.92 Å². The van der Waals surface area contributed by atoms with Crippen molar-refractivity contribution in [2.45, 2.75) is 31.6 Å². The molecule has 3 atom stereocenters. The monoisotopic (exact) mass is 373 g/mol. The zero-order valence-electron chi connectivity index (χ0n) is 15.7. The van der Waals surface area contributed by atoms with Gasteiger partial charge in [0, 0.05) is 6.42 Å². The molecule has 3 aromatic carbocycles. The summed E-state index contributed by atoms with van der Waals surface area (Å²) < 4.78 is 12.0. The number of benzene rings is 3. The summed E-state index contributed by atoms with van der Waals surface area (Å²) in [4.78, 5) is 12.9. The first-order chi connectivity index (χ1) is 13.7. The summed E-state index contributed by atoms with van der Waals surface area (Å²) in [6.45, 7) is 1.76. The van der Waals surface area contributed by atoms with E-state index in [1.807, 2.05) is 78.9 Å². The summed E-state index contributed by atoms with van der Waals surface area (Å²) in [5.41, 5.74) is 2.18. The Bertz CT molecular complexity index is 902. The first-order valence-electron chi connectivity index (χ1n) is 9.52. The molecule has 0 aromatic heterocycles. The van der Waals surface area contributed by atoms with Crippen LogP contribution in [0.2, 0.25) is 0 Å². The molecule has 0 bridgehead atoms. The Balaban J connectivity index is 1.51. The number of rotatable bonds is 6. The van der Waals surface area contributed by atoms with Crippen LogP contribution in [-0.4, -0.2) is 18.1 Å². The average molecular weight is 373 g/mol. The lowest BCUT2D eigenvalue weighted by Gasteiger charge is -2.26. The molecule has 1 heterocycles. The Morgan fingerprint density at radius 3 is 2.32 bits per heavy atom. The molecule has 3 aromatic rings. The molecule has 0 spiro atoms. The smallest absolute Gasteiger partial charge is 0.261 e. The topological polar surface area (TPSA) is 47.6 Å². The second-order valence-corrected chi connectivity index (χ2v) is 6.94. The fourth-order valence-corrected chi connectivity index (χ4v) is 3.47. The zero-order valence-corrected chi connectivity index (χ0v) is 15.7. The van der Waals surface area contributed by atoms with Crippen LogP contribution in [0.1, 0.15) is 24.1 Å². The van der Waals surface area contributed by atoms with Crippen molar-refractivity contribution in [1.29, 1.82) is 0 Å². The van der Waals surface area contributed by atoms with Gasteiger partial charge in [-0.1, -0.05) is 66.7 Å². The molecule has 1 aliphatic heterocycles. The molecule has 142 valence electrons. The zero-order chi connectivity index (χ0) is 19.3. The quantitative estimate of drug-likeness (QED) is 0.700. The van der Waals surface area contributed by atoms with E-state index in [9.17, 15) is 4.79 Å². The van der Waals surface area contributed by atoms with Crippen LogP contribution in [0.4, 0.5) is 0 Å². The molecule has 4 heteroatoms. The molecule has 0 radical (unpaired) electrons. The molecule has 4 nitrogen and oxygen atoms in total. The van der Waals surface area contributed by atoms with Gasteiger partial charge in [0.15, 0.2) is 6.10 Å². The van der Waals surface area contributed by atoms with Gasteiger partial charge in [0.1, 0.15) is 17.6 Å². The van der Waals surface area contributed by atoms with Crippen molar-refractivity contribution in [3.05, 3.63) is 96.1 Å². The predicted octanol–water partition coefficient (Wildman–Crippen LogP) is 4.32. The van der Waals surface area contributed by atoms with Crippen molar-refractivity contribution in [2.24, 2.45) is 0 Å². The van der Waals surface area contributed by atoms with Gasteiger partial charge in [-0.3, -0.25) is 4.79 Å². The van der Waals surface area contributed by atoms with Gasteiger partial charge in [-0.15, -0.1) is 0 Å². The van der Waals surface area contributed by atoms with E-state index < -0.39 is 6.10 Å². The summed E-state index contributed by atoms with van der Waals surface area (Å²) in [5.74, 6) is 1.39. The summed E-state index contributed by atoms with van der Waals surface area (Å²) in [7, 11) is 0. The predicted molar refractivity (Wildman–Crippen MR) is 108 cm³/mol. The molecule has 0 saturated carbocycles. The molecule has 3 unspecified atom stereocenters. The van der Waals surface area contributed by atoms with E-state index >= 15 is 0 Å². The van der Waals surface area contributed by atoms with E-state index in [0.717, 1.165) is 23.3 Å². The lowest BCUT2D eigenvalue weighted by molar-refractivity contribution is -0.128. The molecule has 0 fully saturated rings. The number of hydrogen-bond acceptors (Lipinski definition) is 3. The first kappa shape index (κ1) is 18.1. The standard InChI is InChI=1S/C24H23NO3/c1-17(27-20-13-6-3-7-14-20)24(26)25-23(18-10-4-2-5-11-18)22-16-19-12-8-9-15-21(19)28-22/h2-15,17,22-23H,16H2,1H3,(H,25,26). The number of hydrogen-bond donors (Lipinski definition) is 1. The van der Waals surface area contributed by atoms with Gasteiger partial charge < -0.3 is 14.8 Å². The van der Waals surface area contributed by atoms with Crippen LogP contribution >= 0.6 is 0 Å². The lowest BCUT2D eigenvalue weighted by Crippen LogP contribution is -2.44. The largest absolute Gasteiger partial charge is 0.487 e. The molecular weight excluding hydrogens is 350 g/mol. The second kappa shape index (κ2) is 8.17. The van der Waals surface area contributed by atoms with Gasteiger partial charge in [-0.05, 0) is 36.2 Å². The normalized spacial score (nSPS) is 17.1. The van der Waals surface area contributed by atoms with Gasteiger partial charge in [-0.25, -0.2) is 0 Å². The summed E-state index contributed by atoms with van der Waals surface area (Å²) >= 11 is 0. The van der Waals surface area contributed by atoms with E-state index in [2.05, 4.69) is 11.4 Å². The summed E-state index contributed by atoms with van der Waals surface area (Å²) in [5, 5.41) is 3.14. The maximum Gasteiger partial charge on any atom is 0.261 e. The van der Waals surface area contributed by atoms with Gasteiger partial charge in [0.25, 0.3) is 5.91 Å². The van der Waals surface area contributed by atoms with Gasteiger partial charge in [-0.2, -0.15) is 0 Å². The Hall–Kier alpha value is -3.27. The molecule has 0 aliphatic carbocycles. The molecule has 4 rings (SSSR count). The first-order valence-corrected chi connectivity index (χ1v) is 9.52. The number of fused-ring (bicyclic) bond motifs is 1. The Labute approximate surface area is 165 Å². The lowest BCUT2D eigenvalue weighted by atomic mass is 9.97. The van der Waals surface area contributed by atoms with Crippen LogP contribution in [0.25, 0.3) is 0 Å². The third kappa shape index (κ3) is 4.01. The van der Waals surface area contributed by atoms with E-state index in [4.69, 9.17) is 9.47 Å². The third-order valence-electron chi connectivity index (χ3n) is 4.93. The number of para-hydroxylation sites is 2.